The molecule has 5 rings (SSSR count). The van der Waals surface area contributed by atoms with Crippen LogP contribution in [0.1, 0.15) is 5.56 Å². The number of aryl methyl sites for hydroxylation is 1. The van der Waals surface area contributed by atoms with E-state index >= 15 is 0 Å². The molecule has 0 fully saturated rings. The molecule has 0 bridgehead atoms. The fraction of sp³-hybridized carbons (Fsp3) is 0.0526. The van der Waals surface area contributed by atoms with Crippen molar-refractivity contribution in [2.24, 2.45) is 0 Å². The van der Waals surface area contributed by atoms with Gasteiger partial charge in [0.05, 0.1) is 22.4 Å². The maximum Gasteiger partial charge on any atom is 0.0980 e. The summed E-state index contributed by atoms with van der Waals surface area (Å²) in [6.07, 6.45) is 0. The van der Waals surface area contributed by atoms with Gasteiger partial charge in [0, 0.05) is 21.4 Å². The highest BCUT2D eigenvalue weighted by atomic mass is 32.1. The first-order valence-corrected chi connectivity index (χ1v) is 7.70. The van der Waals surface area contributed by atoms with E-state index in [-0.39, 0.29) is 0 Å². The summed E-state index contributed by atoms with van der Waals surface area (Å²) in [6, 6.07) is 16.7. The summed E-state index contributed by atoms with van der Waals surface area (Å²) in [4.78, 5) is 10.7. The first-order valence-electron chi connectivity index (χ1n) is 7.25. The number of nitrogens with zero attached hydrogens (tertiary/aromatic N) is 2. The Morgan fingerprint density at radius 2 is 1.64 bits per heavy atom. The van der Waals surface area contributed by atoms with Crippen molar-refractivity contribution in [3.8, 4) is 22.5 Å². The molecule has 0 saturated heterocycles. The van der Waals surface area contributed by atoms with Gasteiger partial charge in [0.15, 0.2) is 0 Å². The molecule has 3 aromatic carbocycles. The number of thiol groups is 1. The third-order valence-electron chi connectivity index (χ3n) is 4.29. The Morgan fingerprint density at radius 1 is 0.818 bits per heavy atom. The highest BCUT2D eigenvalue weighted by Crippen LogP contribution is 2.46. The summed E-state index contributed by atoms with van der Waals surface area (Å²) in [5.41, 5.74) is 7.36. The van der Waals surface area contributed by atoms with Gasteiger partial charge in [-0.25, -0.2) is 9.97 Å². The summed E-state index contributed by atoms with van der Waals surface area (Å²) in [6.45, 7) is 2.08. The number of benzene rings is 3. The minimum atomic E-state index is 0.940. The summed E-state index contributed by atoms with van der Waals surface area (Å²) in [5.74, 6) is 0. The van der Waals surface area contributed by atoms with Crippen LogP contribution in [-0.2, 0) is 0 Å². The van der Waals surface area contributed by atoms with Crippen molar-refractivity contribution in [1.82, 2.24) is 9.97 Å². The summed E-state index contributed by atoms with van der Waals surface area (Å²) in [7, 11) is 0. The second kappa shape index (κ2) is 4.08. The van der Waals surface area contributed by atoms with Crippen LogP contribution in [0.5, 0.6) is 0 Å². The van der Waals surface area contributed by atoms with E-state index in [0.717, 1.165) is 32.9 Å². The molecule has 0 atom stereocenters. The van der Waals surface area contributed by atoms with Gasteiger partial charge in [-0.1, -0.05) is 24.3 Å². The van der Waals surface area contributed by atoms with Gasteiger partial charge in [0.2, 0.25) is 0 Å². The highest BCUT2D eigenvalue weighted by Gasteiger charge is 2.24. The molecule has 104 valence electrons. The Balaban J connectivity index is 1.98. The first kappa shape index (κ1) is 12.2. The Morgan fingerprint density at radius 3 is 2.55 bits per heavy atom. The van der Waals surface area contributed by atoms with E-state index in [2.05, 4.69) is 62.0 Å². The van der Waals surface area contributed by atoms with E-state index in [1.54, 1.807) is 0 Å². The van der Waals surface area contributed by atoms with Gasteiger partial charge in [0.25, 0.3) is 0 Å². The number of rotatable bonds is 0. The van der Waals surface area contributed by atoms with Gasteiger partial charge >= 0.3 is 0 Å². The van der Waals surface area contributed by atoms with Gasteiger partial charge in [0.1, 0.15) is 0 Å². The van der Waals surface area contributed by atoms with E-state index in [9.17, 15) is 0 Å². The molecule has 0 aliphatic heterocycles. The number of aromatic nitrogens is 2. The molecule has 4 aromatic rings. The normalized spacial score (nSPS) is 12.1. The van der Waals surface area contributed by atoms with Crippen LogP contribution in [0, 0.1) is 6.92 Å². The van der Waals surface area contributed by atoms with Crippen LogP contribution in [0.2, 0.25) is 0 Å². The molecule has 1 aromatic heterocycles. The maximum atomic E-state index is 4.90. The van der Waals surface area contributed by atoms with Crippen molar-refractivity contribution in [2.75, 3.05) is 0 Å². The standard InChI is InChI=1S/C19H12N2S/c1-10-5-6-15-16(7-10)21-18-13-4-2-3-11-8-12(22)9-14(17(11)13)19(18)20-15/h2-9,22H,1H3. The van der Waals surface area contributed by atoms with Crippen molar-refractivity contribution < 1.29 is 0 Å². The van der Waals surface area contributed by atoms with Gasteiger partial charge < -0.3 is 0 Å². The molecule has 0 N–H and O–H groups in total. The number of hydrogen-bond acceptors (Lipinski definition) is 3. The molecule has 0 saturated carbocycles. The van der Waals surface area contributed by atoms with Crippen LogP contribution in [0.25, 0.3) is 44.3 Å². The van der Waals surface area contributed by atoms with Crippen molar-refractivity contribution in [3.63, 3.8) is 0 Å². The Bertz CT molecular complexity index is 1100. The van der Waals surface area contributed by atoms with Crippen LogP contribution < -0.4 is 0 Å². The predicted octanol–water partition coefficient (Wildman–Crippen LogP) is 5.03. The van der Waals surface area contributed by atoms with E-state index in [1.165, 1.54) is 21.9 Å². The zero-order valence-corrected chi connectivity index (χ0v) is 12.9. The molecule has 1 aliphatic rings. The summed E-state index contributed by atoms with van der Waals surface area (Å²) < 4.78 is 0. The Labute approximate surface area is 133 Å². The smallest absolute Gasteiger partial charge is 0.0980 e. The zero-order valence-electron chi connectivity index (χ0n) is 12.0. The quantitative estimate of drug-likeness (QED) is 0.406. The van der Waals surface area contributed by atoms with E-state index in [4.69, 9.17) is 9.97 Å². The molecule has 0 radical (unpaired) electrons. The second-order valence-electron chi connectivity index (χ2n) is 5.81. The van der Waals surface area contributed by atoms with Crippen LogP contribution in [-0.4, -0.2) is 9.97 Å². The van der Waals surface area contributed by atoms with Crippen molar-refractivity contribution in [1.29, 1.82) is 0 Å². The SMILES string of the molecule is Cc1ccc2nc3c(nc2c1)-c1cccc2cc(S)cc-3c12. The molecular weight excluding hydrogens is 288 g/mol. The molecular formula is C19H12N2S. The zero-order chi connectivity index (χ0) is 14.8. The third kappa shape index (κ3) is 1.52. The average Bonchev–Trinajstić information content (AvgIpc) is 2.80. The molecule has 0 spiro atoms. The lowest BCUT2D eigenvalue weighted by atomic mass is 10.0. The largest absolute Gasteiger partial charge is 0.244 e. The fourth-order valence-electron chi connectivity index (χ4n) is 3.34. The second-order valence-corrected chi connectivity index (χ2v) is 6.33. The van der Waals surface area contributed by atoms with Crippen molar-refractivity contribution >= 4 is 34.4 Å². The molecule has 3 heteroatoms. The van der Waals surface area contributed by atoms with Crippen molar-refractivity contribution in [2.45, 2.75) is 11.8 Å². The minimum absolute atomic E-state index is 0.940. The summed E-state index contributed by atoms with van der Waals surface area (Å²) >= 11 is 4.54. The third-order valence-corrected chi connectivity index (χ3v) is 4.55. The van der Waals surface area contributed by atoms with Crippen molar-refractivity contribution in [3.05, 3.63) is 54.1 Å². The fourth-order valence-corrected chi connectivity index (χ4v) is 3.60. The van der Waals surface area contributed by atoms with Gasteiger partial charge in [-0.05, 0) is 42.1 Å². The molecule has 22 heavy (non-hydrogen) atoms. The Kier molecular flexibility index (Phi) is 2.26. The topological polar surface area (TPSA) is 25.8 Å². The Hall–Kier alpha value is -2.39. The van der Waals surface area contributed by atoms with Crippen LogP contribution in [0.15, 0.2) is 53.4 Å². The lowest BCUT2D eigenvalue weighted by Gasteiger charge is -2.04. The molecule has 1 heterocycles. The predicted molar refractivity (Wildman–Crippen MR) is 93.5 cm³/mol. The molecule has 1 aliphatic carbocycles. The molecule has 2 nitrogen and oxygen atoms in total. The van der Waals surface area contributed by atoms with E-state index in [0.29, 0.717) is 0 Å². The minimum Gasteiger partial charge on any atom is -0.244 e. The van der Waals surface area contributed by atoms with Gasteiger partial charge in [-0.2, -0.15) is 0 Å². The van der Waals surface area contributed by atoms with E-state index < -0.39 is 0 Å². The van der Waals surface area contributed by atoms with Crippen LogP contribution in [0.4, 0.5) is 0 Å². The first-order chi connectivity index (χ1) is 10.7. The van der Waals surface area contributed by atoms with E-state index in [1.807, 2.05) is 6.07 Å². The lowest BCUT2D eigenvalue weighted by molar-refractivity contribution is 1.30. The highest BCUT2D eigenvalue weighted by molar-refractivity contribution is 7.80. The maximum absolute atomic E-state index is 4.90. The number of fused-ring (bicyclic) bond motifs is 4. The molecule has 0 unspecified atom stereocenters. The van der Waals surface area contributed by atoms with Gasteiger partial charge in [-0.15, -0.1) is 12.6 Å². The average molecular weight is 300 g/mol. The number of hydrogen-bond donors (Lipinski definition) is 1. The van der Waals surface area contributed by atoms with Crippen LogP contribution in [0.3, 0.4) is 0 Å². The lowest BCUT2D eigenvalue weighted by Crippen LogP contribution is -1.90. The molecule has 0 amide bonds. The van der Waals surface area contributed by atoms with Gasteiger partial charge in [-0.3, -0.25) is 0 Å². The monoisotopic (exact) mass is 300 g/mol. The summed E-state index contributed by atoms with van der Waals surface area (Å²) in [5, 5.41) is 2.43. The van der Waals surface area contributed by atoms with Crippen LogP contribution >= 0.6 is 12.6 Å².